The van der Waals surface area contributed by atoms with Crippen LogP contribution in [0.5, 0.6) is 0 Å². The van der Waals surface area contributed by atoms with Crippen LogP contribution in [0.4, 0.5) is 34.5 Å². The predicted octanol–water partition coefficient (Wildman–Crippen LogP) is 5.71. The molecule has 8 nitrogen and oxygen atoms in total. The maximum absolute atomic E-state index is 12.7. The summed E-state index contributed by atoms with van der Waals surface area (Å²) in [6, 6.07) is 24.5. The first-order valence-electron chi connectivity index (χ1n) is 11.6. The summed E-state index contributed by atoms with van der Waals surface area (Å²) in [7, 11) is 0. The van der Waals surface area contributed by atoms with E-state index in [1.165, 1.54) is 6.20 Å². The van der Waals surface area contributed by atoms with E-state index in [0.717, 1.165) is 37.7 Å². The molecule has 0 aliphatic carbocycles. The topological polar surface area (TPSA) is 91.4 Å². The Kier molecular flexibility index (Phi) is 7.25. The van der Waals surface area contributed by atoms with Gasteiger partial charge in [0, 0.05) is 30.0 Å². The fraction of sp³-hybridized carbons (Fsp3) is 0.148. The Hall–Kier alpha value is -4.14. The van der Waals surface area contributed by atoms with Crippen molar-refractivity contribution in [1.82, 2.24) is 9.97 Å². The first kappa shape index (κ1) is 23.6. The number of hydrogen-bond acceptors (Lipinski definition) is 7. The minimum Gasteiger partial charge on any atom is -0.378 e. The summed E-state index contributed by atoms with van der Waals surface area (Å²) in [6.07, 6.45) is 1.53. The molecule has 1 aliphatic rings. The second kappa shape index (κ2) is 11.1. The summed E-state index contributed by atoms with van der Waals surface area (Å²) in [5.74, 6) is 0.605. The lowest BCUT2D eigenvalue weighted by molar-refractivity contribution is 0.102. The highest BCUT2D eigenvalue weighted by Crippen LogP contribution is 2.30. The van der Waals surface area contributed by atoms with Gasteiger partial charge in [-0.1, -0.05) is 41.9 Å². The Morgan fingerprint density at radius 1 is 0.861 bits per heavy atom. The van der Waals surface area contributed by atoms with Crippen molar-refractivity contribution in [3.63, 3.8) is 0 Å². The Morgan fingerprint density at radius 3 is 2.31 bits per heavy atom. The van der Waals surface area contributed by atoms with E-state index in [9.17, 15) is 4.79 Å². The molecule has 3 aromatic carbocycles. The molecule has 182 valence electrons. The van der Waals surface area contributed by atoms with Gasteiger partial charge in [0.25, 0.3) is 5.91 Å². The highest BCUT2D eigenvalue weighted by atomic mass is 35.5. The van der Waals surface area contributed by atoms with Crippen LogP contribution in [0.1, 0.15) is 10.4 Å². The van der Waals surface area contributed by atoms with Crippen molar-refractivity contribution >= 4 is 52.0 Å². The number of nitrogens with one attached hydrogen (secondary N) is 3. The van der Waals surface area contributed by atoms with Crippen LogP contribution in [0.2, 0.25) is 5.02 Å². The van der Waals surface area contributed by atoms with E-state index < -0.39 is 0 Å². The molecule has 1 aliphatic heterocycles. The molecule has 1 aromatic heterocycles. The standard InChI is InChI=1S/C27H25ClN6O2/c28-22-18-29-27(30-20-10-12-21(13-11-20)34-14-16-36-17-15-34)33-25(22)31-23-8-4-5-9-24(23)32-26(35)19-6-2-1-3-7-19/h1-13,18H,14-17H2,(H,32,35)(H2,29,30,31,33). The van der Waals surface area contributed by atoms with Crippen LogP contribution in [0, 0.1) is 0 Å². The van der Waals surface area contributed by atoms with Gasteiger partial charge in [-0.25, -0.2) is 4.98 Å². The van der Waals surface area contributed by atoms with E-state index >= 15 is 0 Å². The van der Waals surface area contributed by atoms with Gasteiger partial charge in [0.15, 0.2) is 5.82 Å². The van der Waals surface area contributed by atoms with Gasteiger partial charge < -0.3 is 25.6 Å². The second-order valence-electron chi connectivity index (χ2n) is 8.15. The van der Waals surface area contributed by atoms with E-state index in [1.807, 2.05) is 54.6 Å². The maximum atomic E-state index is 12.7. The van der Waals surface area contributed by atoms with Gasteiger partial charge in [-0.2, -0.15) is 4.98 Å². The molecule has 4 aromatic rings. The smallest absolute Gasteiger partial charge is 0.255 e. The third kappa shape index (κ3) is 5.73. The molecule has 1 saturated heterocycles. The molecule has 0 saturated carbocycles. The van der Waals surface area contributed by atoms with Gasteiger partial charge in [-0.15, -0.1) is 0 Å². The highest BCUT2D eigenvalue weighted by Gasteiger charge is 2.13. The summed E-state index contributed by atoms with van der Waals surface area (Å²) >= 11 is 6.39. The summed E-state index contributed by atoms with van der Waals surface area (Å²) in [4.78, 5) is 23.8. The van der Waals surface area contributed by atoms with Crippen LogP contribution in [0.15, 0.2) is 85.1 Å². The summed E-state index contributed by atoms with van der Waals surface area (Å²) < 4.78 is 5.43. The third-order valence-electron chi connectivity index (χ3n) is 5.71. The van der Waals surface area contributed by atoms with E-state index in [4.69, 9.17) is 16.3 Å². The largest absolute Gasteiger partial charge is 0.378 e. The monoisotopic (exact) mass is 500 g/mol. The Labute approximate surface area is 214 Å². The average Bonchev–Trinajstić information content (AvgIpc) is 2.93. The molecule has 0 unspecified atom stereocenters. The van der Waals surface area contributed by atoms with Gasteiger partial charge in [0.1, 0.15) is 5.02 Å². The van der Waals surface area contributed by atoms with Crippen molar-refractivity contribution in [3.05, 3.63) is 95.6 Å². The number of halogens is 1. The lowest BCUT2D eigenvalue weighted by Gasteiger charge is -2.28. The van der Waals surface area contributed by atoms with Crippen molar-refractivity contribution in [2.24, 2.45) is 0 Å². The van der Waals surface area contributed by atoms with Gasteiger partial charge in [-0.3, -0.25) is 4.79 Å². The number of nitrogens with zero attached hydrogens (tertiary/aromatic N) is 3. The van der Waals surface area contributed by atoms with Crippen molar-refractivity contribution in [2.45, 2.75) is 0 Å². The Balaban J connectivity index is 1.30. The molecule has 0 radical (unpaired) electrons. The van der Waals surface area contributed by atoms with Crippen molar-refractivity contribution in [2.75, 3.05) is 47.2 Å². The zero-order valence-corrected chi connectivity index (χ0v) is 20.2. The number of benzene rings is 3. The third-order valence-corrected chi connectivity index (χ3v) is 5.98. The SMILES string of the molecule is O=C(Nc1ccccc1Nc1nc(Nc2ccc(N3CCOCC3)cc2)ncc1Cl)c1ccccc1. The first-order chi connectivity index (χ1) is 17.7. The number of carbonyl (C=O) groups excluding carboxylic acids is 1. The lowest BCUT2D eigenvalue weighted by Crippen LogP contribution is -2.36. The maximum Gasteiger partial charge on any atom is 0.255 e. The Bertz CT molecular complexity index is 1330. The van der Waals surface area contributed by atoms with E-state index in [1.54, 1.807) is 12.1 Å². The molecular weight excluding hydrogens is 476 g/mol. The number of anilines is 6. The number of morpholine rings is 1. The Morgan fingerprint density at radius 2 is 1.56 bits per heavy atom. The average molecular weight is 501 g/mol. The molecule has 1 fully saturated rings. The minimum atomic E-state index is -0.207. The molecule has 9 heteroatoms. The molecular formula is C27H25ClN6O2. The quantitative estimate of drug-likeness (QED) is 0.299. The molecule has 36 heavy (non-hydrogen) atoms. The molecule has 0 spiro atoms. The molecule has 0 bridgehead atoms. The number of ether oxygens (including phenoxy) is 1. The van der Waals surface area contributed by atoms with Gasteiger partial charge in [0.2, 0.25) is 5.95 Å². The molecule has 2 heterocycles. The number of para-hydroxylation sites is 2. The van der Waals surface area contributed by atoms with Crippen molar-refractivity contribution in [1.29, 1.82) is 0 Å². The highest BCUT2D eigenvalue weighted by molar-refractivity contribution is 6.33. The molecule has 5 rings (SSSR count). The summed E-state index contributed by atoms with van der Waals surface area (Å²) in [6.45, 7) is 3.26. The van der Waals surface area contributed by atoms with Crippen LogP contribution in [-0.2, 0) is 4.74 Å². The van der Waals surface area contributed by atoms with Gasteiger partial charge >= 0.3 is 0 Å². The number of aromatic nitrogens is 2. The van der Waals surface area contributed by atoms with Crippen LogP contribution < -0.4 is 20.9 Å². The van der Waals surface area contributed by atoms with Crippen LogP contribution >= 0.6 is 11.6 Å². The molecule has 1 amide bonds. The number of hydrogen-bond donors (Lipinski definition) is 3. The normalized spacial score (nSPS) is 13.2. The van der Waals surface area contributed by atoms with E-state index in [-0.39, 0.29) is 5.91 Å². The zero-order chi connectivity index (χ0) is 24.7. The van der Waals surface area contributed by atoms with Crippen LogP contribution in [0.25, 0.3) is 0 Å². The van der Waals surface area contributed by atoms with Crippen molar-refractivity contribution in [3.8, 4) is 0 Å². The van der Waals surface area contributed by atoms with Gasteiger partial charge in [0.05, 0.1) is 30.8 Å². The fourth-order valence-corrected chi connectivity index (χ4v) is 3.97. The summed E-state index contributed by atoms with van der Waals surface area (Å²) in [5.41, 5.74) is 3.84. The summed E-state index contributed by atoms with van der Waals surface area (Å²) in [5, 5.41) is 9.73. The zero-order valence-electron chi connectivity index (χ0n) is 19.4. The van der Waals surface area contributed by atoms with Crippen LogP contribution in [-0.4, -0.2) is 42.2 Å². The molecule has 3 N–H and O–H groups in total. The van der Waals surface area contributed by atoms with Crippen molar-refractivity contribution < 1.29 is 9.53 Å². The fourth-order valence-electron chi connectivity index (χ4n) is 3.83. The number of amides is 1. The van der Waals surface area contributed by atoms with E-state index in [2.05, 4.69) is 43.0 Å². The molecule has 0 atom stereocenters. The van der Waals surface area contributed by atoms with E-state index in [0.29, 0.717) is 33.7 Å². The first-order valence-corrected chi connectivity index (χ1v) is 12.0. The second-order valence-corrected chi connectivity index (χ2v) is 8.56. The number of rotatable bonds is 7. The van der Waals surface area contributed by atoms with Crippen LogP contribution in [0.3, 0.4) is 0 Å². The number of carbonyl (C=O) groups is 1. The predicted molar refractivity (Wildman–Crippen MR) is 144 cm³/mol. The minimum absolute atomic E-state index is 0.207. The van der Waals surface area contributed by atoms with Gasteiger partial charge in [-0.05, 0) is 48.5 Å². The lowest BCUT2D eigenvalue weighted by atomic mass is 10.2.